The monoisotopic (exact) mass is 383 g/mol. The summed E-state index contributed by atoms with van der Waals surface area (Å²) in [5.41, 5.74) is 1.50. The average molecular weight is 383 g/mol. The van der Waals surface area contributed by atoms with Crippen LogP contribution in [0, 0.1) is 5.82 Å². The van der Waals surface area contributed by atoms with Crippen molar-refractivity contribution < 1.29 is 13.7 Å². The van der Waals surface area contributed by atoms with Crippen molar-refractivity contribution in [2.45, 2.75) is 26.1 Å². The highest BCUT2D eigenvalue weighted by Crippen LogP contribution is 2.15. The summed E-state index contributed by atoms with van der Waals surface area (Å²) < 4.78 is 18.6. The number of hydrogen-bond acceptors (Lipinski definition) is 6. The summed E-state index contributed by atoms with van der Waals surface area (Å²) in [6.07, 6.45) is 3.33. The number of amides is 1. The topological polar surface area (TPSA) is 75.4 Å². The SMILES string of the molecule is CC(C(=O)N(C)Cc1cccc(F)c1)N(C)Cc1nc(-c2cccnc2)no1. The number of hydrogen-bond donors (Lipinski definition) is 0. The molecule has 28 heavy (non-hydrogen) atoms. The van der Waals surface area contributed by atoms with Gasteiger partial charge < -0.3 is 9.42 Å². The van der Waals surface area contributed by atoms with E-state index in [1.165, 1.54) is 12.1 Å². The van der Waals surface area contributed by atoms with Crippen LogP contribution in [0.1, 0.15) is 18.4 Å². The molecule has 0 aliphatic carbocycles. The molecule has 8 heteroatoms. The van der Waals surface area contributed by atoms with Gasteiger partial charge in [-0.25, -0.2) is 4.39 Å². The van der Waals surface area contributed by atoms with E-state index in [-0.39, 0.29) is 11.7 Å². The zero-order chi connectivity index (χ0) is 20.1. The van der Waals surface area contributed by atoms with Gasteiger partial charge in [0.1, 0.15) is 5.82 Å². The summed E-state index contributed by atoms with van der Waals surface area (Å²) in [6, 6.07) is 9.47. The fourth-order valence-corrected chi connectivity index (χ4v) is 2.78. The van der Waals surface area contributed by atoms with Gasteiger partial charge in [-0.3, -0.25) is 14.7 Å². The predicted molar refractivity (Wildman–Crippen MR) is 101 cm³/mol. The van der Waals surface area contributed by atoms with Crippen LogP contribution in [0.25, 0.3) is 11.4 Å². The Morgan fingerprint density at radius 3 is 2.75 bits per heavy atom. The Morgan fingerprint density at radius 2 is 2.04 bits per heavy atom. The van der Waals surface area contributed by atoms with Gasteiger partial charge in [-0.1, -0.05) is 17.3 Å². The van der Waals surface area contributed by atoms with Crippen LogP contribution in [0.15, 0.2) is 53.3 Å². The molecule has 2 heterocycles. The maximum Gasteiger partial charge on any atom is 0.241 e. The lowest BCUT2D eigenvalue weighted by Crippen LogP contribution is -2.43. The molecule has 1 amide bonds. The molecule has 3 aromatic rings. The van der Waals surface area contributed by atoms with Crippen molar-refractivity contribution >= 4 is 5.91 Å². The van der Waals surface area contributed by atoms with Gasteiger partial charge in [0.25, 0.3) is 0 Å². The van der Waals surface area contributed by atoms with Crippen molar-refractivity contribution in [1.29, 1.82) is 0 Å². The summed E-state index contributed by atoms with van der Waals surface area (Å²) in [6.45, 7) is 2.47. The van der Waals surface area contributed by atoms with Crippen LogP contribution in [0.5, 0.6) is 0 Å². The first-order valence-corrected chi connectivity index (χ1v) is 8.86. The summed E-state index contributed by atoms with van der Waals surface area (Å²) in [7, 11) is 3.51. The molecule has 1 unspecified atom stereocenters. The molecular weight excluding hydrogens is 361 g/mol. The molecule has 0 bridgehead atoms. The lowest BCUT2D eigenvalue weighted by atomic mass is 10.2. The molecule has 0 radical (unpaired) electrons. The van der Waals surface area contributed by atoms with Gasteiger partial charge in [-0.05, 0) is 43.8 Å². The highest BCUT2D eigenvalue weighted by Gasteiger charge is 2.23. The number of likely N-dealkylation sites (N-methyl/N-ethyl adjacent to an activating group) is 2. The zero-order valence-electron chi connectivity index (χ0n) is 16.0. The minimum atomic E-state index is -0.410. The van der Waals surface area contributed by atoms with Crippen molar-refractivity contribution in [3.05, 3.63) is 66.1 Å². The Labute approximate surface area is 162 Å². The van der Waals surface area contributed by atoms with Crippen molar-refractivity contribution in [1.82, 2.24) is 24.9 Å². The summed E-state index contributed by atoms with van der Waals surface area (Å²) in [4.78, 5) is 24.5. The third-order valence-electron chi connectivity index (χ3n) is 4.48. The quantitative estimate of drug-likeness (QED) is 0.625. The Bertz CT molecular complexity index is 931. The van der Waals surface area contributed by atoms with Gasteiger partial charge in [-0.15, -0.1) is 0 Å². The van der Waals surface area contributed by atoms with Gasteiger partial charge >= 0.3 is 0 Å². The molecule has 0 fully saturated rings. The molecule has 0 saturated heterocycles. The number of nitrogens with zero attached hydrogens (tertiary/aromatic N) is 5. The van der Waals surface area contributed by atoms with Gasteiger partial charge in [-0.2, -0.15) is 4.98 Å². The van der Waals surface area contributed by atoms with E-state index in [1.54, 1.807) is 42.5 Å². The number of pyridine rings is 1. The number of benzene rings is 1. The molecule has 146 valence electrons. The minimum Gasteiger partial charge on any atom is -0.340 e. The van der Waals surface area contributed by atoms with E-state index >= 15 is 0 Å². The van der Waals surface area contributed by atoms with E-state index < -0.39 is 6.04 Å². The number of rotatable bonds is 7. The summed E-state index contributed by atoms with van der Waals surface area (Å²) in [5, 5.41) is 3.96. The Hall–Kier alpha value is -3.13. The molecule has 1 atom stereocenters. The van der Waals surface area contributed by atoms with Crippen LogP contribution < -0.4 is 0 Å². The Kier molecular flexibility index (Phi) is 6.10. The third-order valence-corrected chi connectivity index (χ3v) is 4.48. The van der Waals surface area contributed by atoms with Gasteiger partial charge in [0.2, 0.25) is 17.6 Å². The highest BCUT2D eigenvalue weighted by atomic mass is 19.1. The fourth-order valence-electron chi connectivity index (χ4n) is 2.78. The van der Waals surface area contributed by atoms with Gasteiger partial charge in [0, 0.05) is 31.5 Å². The van der Waals surface area contributed by atoms with E-state index in [0.717, 1.165) is 11.1 Å². The van der Waals surface area contributed by atoms with E-state index in [9.17, 15) is 9.18 Å². The smallest absolute Gasteiger partial charge is 0.241 e. The third kappa shape index (κ3) is 4.77. The second-order valence-corrected chi connectivity index (χ2v) is 6.67. The van der Waals surface area contributed by atoms with E-state index in [1.807, 2.05) is 24.9 Å². The largest absolute Gasteiger partial charge is 0.340 e. The molecule has 0 N–H and O–H groups in total. The van der Waals surface area contributed by atoms with Crippen LogP contribution >= 0.6 is 0 Å². The zero-order valence-corrected chi connectivity index (χ0v) is 16.0. The second-order valence-electron chi connectivity index (χ2n) is 6.67. The van der Waals surface area contributed by atoms with Crippen LogP contribution in [0.3, 0.4) is 0 Å². The van der Waals surface area contributed by atoms with E-state index in [0.29, 0.717) is 24.8 Å². The molecule has 0 saturated carbocycles. The number of carbonyl (C=O) groups excluding carboxylic acids is 1. The highest BCUT2D eigenvalue weighted by molar-refractivity contribution is 5.81. The average Bonchev–Trinajstić information content (AvgIpc) is 3.16. The molecule has 0 aliphatic heterocycles. The first-order valence-electron chi connectivity index (χ1n) is 8.86. The van der Waals surface area contributed by atoms with Crippen LogP contribution in [0.4, 0.5) is 4.39 Å². The lowest BCUT2D eigenvalue weighted by molar-refractivity contribution is -0.135. The molecular formula is C20H22FN5O2. The van der Waals surface area contributed by atoms with Crippen LogP contribution in [0.2, 0.25) is 0 Å². The van der Waals surface area contributed by atoms with E-state index in [4.69, 9.17) is 4.52 Å². The maximum atomic E-state index is 13.3. The molecule has 2 aromatic heterocycles. The first kappa shape index (κ1) is 19.6. The number of aromatic nitrogens is 3. The molecule has 0 spiro atoms. The normalized spacial score (nSPS) is 12.2. The summed E-state index contributed by atoms with van der Waals surface area (Å²) in [5.74, 6) is 0.468. The second kappa shape index (κ2) is 8.71. The number of carbonyl (C=O) groups is 1. The maximum absolute atomic E-state index is 13.3. The van der Waals surface area contributed by atoms with Crippen molar-refractivity contribution in [2.24, 2.45) is 0 Å². The van der Waals surface area contributed by atoms with Crippen LogP contribution in [-0.2, 0) is 17.9 Å². The fraction of sp³-hybridized carbons (Fsp3) is 0.300. The lowest BCUT2D eigenvalue weighted by Gasteiger charge is -2.27. The van der Waals surface area contributed by atoms with E-state index in [2.05, 4.69) is 15.1 Å². The Balaban J connectivity index is 1.60. The number of halogens is 1. The predicted octanol–water partition coefficient (Wildman–Crippen LogP) is 2.75. The molecule has 1 aromatic carbocycles. The van der Waals surface area contributed by atoms with Crippen molar-refractivity contribution in [3.8, 4) is 11.4 Å². The van der Waals surface area contributed by atoms with Crippen LogP contribution in [-0.4, -0.2) is 51.0 Å². The molecule has 0 aliphatic rings. The first-order chi connectivity index (χ1) is 13.4. The minimum absolute atomic E-state index is 0.0845. The van der Waals surface area contributed by atoms with Crippen molar-refractivity contribution in [2.75, 3.05) is 14.1 Å². The van der Waals surface area contributed by atoms with Gasteiger partial charge in [0.05, 0.1) is 12.6 Å². The van der Waals surface area contributed by atoms with Gasteiger partial charge in [0.15, 0.2) is 0 Å². The summed E-state index contributed by atoms with van der Waals surface area (Å²) >= 11 is 0. The van der Waals surface area contributed by atoms with Crippen molar-refractivity contribution in [3.63, 3.8) is 0 Å². The Morgan fingerprint density at radius 1 is 1.21 bits per heavy atom. The molecule has 7 nitrogen and oxygen atoms in total. The molecule has 3 rings (SSSR count). The standard InChI is InChI=1S/C20H22FN5O2/c1-14(20(27)26(3)12-15-6-4-8-17(21)10-15)25(2)13-18-23-19(24-28-18)16-7-5-9-22-11-16/h4-11,14H,12-13H2,1-3H3.